The summed E-state index contributed by atoms with van der Waals surface area (Å²) in [5, 5.41) is 4.88. The number of methoxy groups -OCH3 is 2. The molecule has 1 saturated heterocycles. The van der Waals surface area contributed by atoms with Crippen molar-refractivity contribution in [3.8, 4) is 22.8 Å². The molecule has 6 heteroatoms. The number of hydrogen-bond donors (Lipinski definition) is 0. The van der Waals surface area contributed by atoms with E-state index in [1.807, 2.05) is 28.8 Å². The summed E-state index contributed by atoms with van der Waals surface area (Å²) in [5.41, 5.74) is 4.99. The third kappa shape index (κ3) is 2.66. The van der Waals surface area contributed by atoms with Gasteiger partial charge in [-0.3, -0.25) is 0 Å². The van der Waals surface area contributed by atoms with Gasteiger partial charge in [0, 0.05) is 36.0 Å². The molecule has 0 radical (unpaired) electrons. The maximum atomic E-state index is 5.43. The monoisotopic (exact) mass is 352 g/mol. The lowest BCUT2D eigenvalue weighted by atomic mass is 10.1. The third-order valence-corrected chi connectivity index (χ3v) is 5.14. The molecule has 3 heterocycles. The highest BCUT2D eigenvalue weighted by molar-refractivity contribution is 5.69. The maximum absolute atomic E-state index is 5.43. The van der Waals surface area contributed by atoms with Crippen LogP contribution < -0.4 is 14.4 Å². The third-order valence-electron chi connectivity index (χ3n) is 5.14. The second-order valence-electron chi connectivity index (χ2n) is 6.71. The summed E-state index contributed by atoms with van der Waals surface area (Å²) in [6, 6.07) is 7.89. The van der Waals surface area contributed by atoms with Gasteiger partial charge in [0.2, 0.25) is 0 Å². The molecular weight excluding hydrogens is 328 g/mol. The standard InChI is InChI=1S/C20H24N4O2/c1-13-14(2)21-19-12-16(15-7-8-17(25-3)18(11-15)26-4)22-24(19)20(13)23-9-5-6-10-23/h7-8,11-12H,5-6,9-10H2,1-4H3. The Hall–Kier alpha value is -2.76. The van der Waals surface area contributed by atoms with E-state index >= 15 is 0 Å². The molecule has 3 aromatic rings. The fourth-order valence-corrected chi connectivity index (χ4v) is 3.62. The molecule has 0 saturated carbocycles. The lowest BCUT2D eigenvalue weighted by molar-refractivity contribution is 0.355. The van der Waals surface area contributed by atoms with E-state index < -0.39 is 0 Å². The fraction of sp³-hybridized carbons (Fsp3) is 0.400. The number of nitrogens with zero attached hydrogens (tertiary/aromatic N) is 4. The first-order valence-corrected chi connectivity index (χ1v) is 8.96. The minimum absolute atomic E-state index is 0.696. The quantitative estimate of drug-likeness (QED) is 0.718. The SMILES string of the molecule is COc1ccc(-c2cc3nc(C)c(C)c(N4CCCC4)n3n2)cc1OC. The molecule has 4 rings (SSSR count). The number of aryl methyl sites for hydroxylation is 1. The van der Waals surface area contributed by atoms with Gasteiger partial charge in [-0.15, -0.1) is 0 Å². The van der Waals surface area contributed by atoms with Crippen LogP contribution in [0.1, 0.15) is 24.1 Å². The molecule has 0 atom stereocenters. The molecule has 2 aromatic heterocycles. The van der Waals surface area contributed by atoms with E-state index in [2.05, 4.69) is 18.7 Å². The highest BCUT2D eigenvalue weighted by atomic mass is 16.5. The van der Waals surface area contributed by atoms with Crippen LogP contribution in [0.3, 0.4) is 0 Å². The van der Waals surface area contributed by atoms with Crippen molar-refractivity contribution in [3.63, 3.8) is 0 Å². The Kier molecular flexibility index (Phi) is 4.18. The Labute approximate surface area is 153 Å². The molecule has 0 N–H and O–H groups in total. The Balaban J connectivity index is 1.87. The first kappa shape index (κ1) is 16.7. The lowest BCUT2D eigenvalue weighted by Crippen LogP contribution is -2.23. The van der Waals surface area contributed by atoms with Crippen molar-refractivity contribution >= 4 is 11.5 Å². The Morgan fingerprint density at radius 2 is 1.69 bits per heavy atom. The number of ether oxygens (including phenoxy) is 2. The van der Waals surface area contributed by atoms with Crippen molar-refractivity contribution in [2.45, 2.75) is 26.7 Å². The molecule has 1 aromatic carbocycles. The summed E-state index contributed by atoms with van der Waals surface area (Å²) in [5.74, 6) is 2.57. The smallest absolute Gasteiger partial charge is 0.161 e. The number of hydrogen-bond acceptors (Lipinski definition) is 5. The summed E-state index contributed by atoms with van der Waals surface area (Å²) in [7, 11) is 3.28. The number of fused-ring (bicyclic) bond motifs is 1. The van der Waals surface area contributed by atoms with E-state index in [-0.39, 0.29) is 0 Å². The van der Waals surface area contributed by atoms with Gasteiger partial charge in [0.05, 0.1) is 19.9 Å². The van der Waals surface area contributed by atoms with Crippen LogP contribution in [-0.4, -0.2) is 41.9 Å². The molecule has 1 aliphatic heterocycles. The zero-order valence-corrected chi connectivity index (χ0v) is 15.7. The Morgan fingerprint density at radius 3 is 2.38 bits per heavy atom. The van der Waals surface area contributed by atoms with Gasteiger partial charge < -0.3 is 14.4 Å². The molecule has 6 nitrogen and oxygen atoms in total. The van der Waals surface area contributed by atoms with Crippen LogP contribution in [0, 0.1) is 13.8 Å². The van der Waals surface area contributed by atoms with Crippen molar-refractivity contribution in [1.29, 1.82) is 0 Å². The van der Waals surface area contributed by atoms with Gasteiger partial charge in [-0.05, 0) is 44.9 Å². The zero-order chi connectivity index (χ0) is 18.3. The molecular formula is C20H24N4O2. The molecule has 26 heavy (non-hydrogen) atoms. The van der Waals surface area contributed by atoms with E-state index in [4.69, 9.17) is 19.6 Å². The molecule has 0 amide bonds. The highest BCUT2D eigenvalue weighted by Gasteiger charge is 2.21. The number of rotatable bonds is 4. The van der Waals surface area contributed by atoms with Crippen molar-refractivity contribution in [2.75, 3.05) is 32.2 Å². The van der Waals surface area contributed by atoms with Crippen LogP contribution in [0.5, 0.6) is 11.5 Å². The van der Waals surface area contributed by atoms with E-state index in [0.717, 1.165) is 41.5 Å². The largest absolute Gasteiger partial charge is 0.493 e. The summed E-state index contributed by atoms with van der Waals surface area (Å²) < 4.78 is 12.8. The van der Waals surface area contributed by atoms with Gasteiger partial charge in [0.25, 0.3) is 0 Å². The number of anilines is 1. The fourth-order valence-electron chi connectivity index (χ4n) is 3.62. The Morgan fingerprint density at radius 1 is 0.962 bits per heavy atom. The molecule has 0 aliphatic carbocycles. The van der Waals surface area contributed by atoms with Gasteiger partial charge in [0.1, 0.15) is 5.82 Å². The second-order valence-corrected chi connectivity index (χ2v) is 6.71. The number of aromatic nitrogens is 3. The summed E-state index contributed by atoms with van der Waals surface area (Å²) in [6.07, 6.45) is 2.46. The average Bonchev–Trinajstić information content (AvgIpc) is 3.32. The van der Waals surface area contributed by atoms with Gasteiger partial charge >= 0.3 is 0 Å². The molecule has 136 valence electrons. The predicted octanol–water partition coefficient (Wildman–Crippen LogP) is 3.63. The molecule has 1 fully saturated rings. The van der Waals surface area contributed by atoms with Gasteiger partial charge in [-0.2, -0.15) is 9.61 Å². The van der Waals surface area contributed by atoms with E-state index in [1.54, 1.807) is 14.2 Å². The zero-order valence-electron chi connectivity index (χ0n) is 15.7. The molecule has 1 aliphatic rings. The number of benzene rings is 1. The normalized spacial score (nSPS) is 14.2. The maximum Gasteiger partial charge on any atom is 0.161 e. The first-order valence-electron chi connectivity index (χ1n) is 8.96. The van der Waals surface area contributed by atoms with Crippen LogP contribution >= 0.6 is 0 Å². The summed E-state index contributed by atoms with van der Waals surface area (Å²) >= 11 is 0. The second kappa shape index (κ2) is 6.52. The molecule has 0 unspecified atom stereocenters. The van der Waals surface area contributed by atoms with Crippen LogP contribution in [0.4, 0.5) is 5.82 Å². The van der Waals surface area contributed by atoms with Crippen LogP contribution in [0.25, 0.3) is 16.9 Å². The van der Waals surface area contributed by atoms with Gasteiger partial charge in [-0.1, -0.05) is 0 Å². The van der Waals surface area contributed by atoms with E-state index in [9.17, 15) is 0 Å². The molecule has 0 bridgehead atoms. The minimum atomic E-state index is 0.696. The van der Waals surface area contributed by atoms with Crippen molar-refractivity contribution in [3.05, 3.63) is 35.5 Å². The Bertz CT molecular complexity index is 958. The van der Waals surface area contributed by atoms with Gasteiger partial charge in [0.15, 0.2) is 17.1 Å². The van der Waals surface area contributed by atoms with Gasteiger partial charge in [-0.25, -0.2) is 4.98 Å². The van der Waals surface area contributed by atoms with Crippen LogP contribution in [0.2, 0.25) is 0 Å². The summed E-state index contributed by atoms with van der Waals surface area (Å²) in [4.78, 5) is 7.17. The van der Waals surface area contributed by atoms with Crippen molar-refractivity contribution in [1.82, 2.24) is 14.6 Å². The van der Waals surface area contributed by atoms with E-state index in [1.165, 1.54) is 18.4 Å². The van der Waals surface area contributed by atoms with Crippen molar-refractivity contribution in [2.24, 2.45) is 0 Å². The minimum Gasteiger partial charge on any atom is -0.493 e. The molecule has 0 spiro atoms. The first-order chi connectivity index (χ1) is 12.6. The van der Waals surface area contributed by atoms with Crippen LogP contribution in [-0.2, 0) is 0 Å². The van der Waals surface area contributed by atoms with E-state index in [0.29, 0.717) is 11.5 Å². The lowest BCUT2D eigenvalue weighted by Gasteiger charge is -2.21. The highest BCUT2D eigenvalue weighted by Crippen LogP contribution is 2.33. The summed E-state index contributed by atoms with van der Waals surface area (Å²) in [6.45, 7) is 6.35. The average molecular weight is 352 g/mol. The topological polar surface area (TPSA) is 51.9 Å². The van der Waals surface area contributed by atoms with Crippen molar-refractivity contribution < 1.29 is 9.47 Å². The predicted molar refractivity (Wildman–Crippen MR) is 102 cm³/mol. The van der Waals surface area contributed by atoms with Crippen LogP contribution in [0.15, 0.2) is 24.3 Å².